The van der Waals surface area contributed by atoms with Gasteiger partial charge >= 0.3 is 0 Å². The molecule has 1 saturated heterocycles. The maximum absolute atomic E-state index is 12.9. The van der Waals surface area contributed by atoms with Crippen molar-refractivity contribution in [2.45, 2.75) is 78.5 Å². The number of aryl methyl sites for hydroxylation is 1. The highest BCUT2D eigenvalue weighted by Crippen LogP contribution is 2.33. The fourth-order valence-electron chi connectivity index (χ4n) is 4.34. The van der Waals surface area contributed by atoms with Crippen molar-refractivity contribution < 1.29 is 23.9 Å². The Morgan fingerprint density at radius 3 is 2.25 bits per heavy atom. The van der Waals surface area contributed by atoms with Crippen LogP contribution in [0.4, 0.5) is 0 Å². The molecule has 36 heavy (non-hydrogen) atoms. The second-order valence-electron chi connectivity index (χ2n) is 9.15. The molecule has 2 aromatic carbocycles. The number of piperidine rings is 1. The number of imide groups is 1. The zero-order valence-corrected chi connectivity index (χ0v) is 21.7. The Morgan fingerprint density at radius 2 is 1.61 bits per heavy atom. The number of benzene rings is 2. The van der Waals surface area contributed by atoms with Crippen molar-refractivity contribution in [3.63, 3.8) is 0 Å². The van der Waals surface area contributed by atoms with Gasteiger partial charge in [-0.1, -0.05) is 57.5 Å². The molecule has 2 aliphatic rings. The van der Waals surface area contributed by atoms with Gasteiger partial charge < -0.3 is 14.4 Å². The van der Waals surface area contributed by atoms with Crippen LogP contribution >= 0.6 is 0 Å². The molecule has 1 atom stereocenters. The summed E-state index contributed by atoms with van der Waals surface area (Å²) in [7, 11) is 0. The van der Waals surface area contributed by atoms with E-state index in [4.69, 9.17) is 9.47 Å². The second-order valence-corrected chi connectivity index (χ2v) is 9.15. The fourth-order valence-corrected chi connectivity index (χ4v) is 4.34. The van der Waals surface area contributed by atoms with E-state index in [1.165, 1.54) is 5.56 Å². The van der Waals surface area contributed by atoms with Gasteiger partial charge in [0.2, 0.25) is 11.8 Å². The molecule has 0 aliphatic carbocycles. The van der Waals surface area contributed by atoms with Crippen LogP contribution in [0.5, 0.6) is 5.75 Å². The third-order valence-electron chi connectivity index (χ3n) is 6.19. The maximum atomic E-state index is 12.9. The van der Waals surface area contributed by atoms with Crippen LogP contribution in [0.3, 0.4) is 0 Å². The van der Waals surface area contributed by atoms with E-state index in [0.29, 0.717) is 30.9 Å². The van der Waals surface area contributed by atoms with E-state index >= 15 is 0 Å². The summed E-state index contributed by atoms with van der Waals surface area (Å²) in [5.74, 6) is -0.228. The number of amides is 3. The van der Waals surface area contributed by atoms with Crippen LogP contribution in [-0.2, 0) is 33.9 Å². The fraction of sp³-hybridized carbons (Fsp3) is 0.483. The van der Waals surface area contributed by atoms with Crippen LogP contribution in [0.2, 0.25) is 0 Å². The maximum Gasteiger partial charge on any atom is 0.255 e. The van der Waals surface area contributed by atoms with Crippen molar-refractivity contribution in [3.8, 4) is 5.75 Å². The number of nitrogens with zero attached hydrogens (tertiary/aromatic N) is 1. The van der Waals surface area contributed by atoms with E-state index in [2.05, 4.69) is 50.4 Å². The third-order valence-corrected chi connectivity index (χ3v) is 6.19. The van der Waals surface area contributed by atoms with Crippen LogP contribution in [-0.4, -0.2) is 41.9 Å². The van der Waals surface area contributed by atoms with Crippen molar-refractivity contribution in [2.24, 2.45) is 0 Å². The minimum atomic E-state index is -0.619. The summed E-state index contributed by atoms with van der Waals surface area (Å²) < 4.78 is 11.2. The predicted molar refractivity (Wildman–Crippen MR) is 139 cm³/mol. The third kappa shape index (κ3) is 7.17. The van der Waals surface area contributed by atoms with Gasteiger partial charge in [0.1, 0.15) is 18.4 Å². The predicted octanol–water partition coefficient (Wildman–Crippen LogP) is 4.80. The summed E-state index contributed by atoms with van der Waals surface area (Å²) in [5, 5.41) is 2.33. The second kappa shape index (κ2) is 13.8. The van der Waals surface area contributed by atoms with Crippen LogP contribution in [0.15, 0.2) is 42.5 Å². The molecule has 1 unspecified atom stereocenters. The average Bonchev–Trinajstić information content (AvgIpc) is 3.21. The molecule has 1 N–H and O–H groups in total. The van der Waals surface area contributed by atoms with Crippen molar-refractivity contribution in [1.29, 1.82) is 0 Å². The minimum absolute atomic E-state index is 0.191. The Kier molecular flexibility index (Phi) is 10.5. The first-order valence-electron chi connectivity index (χ1n) is 13.0. The average molecular weight is 495 g/mol. The lowest BCUT2D eigenvalue weighted by atomic mass is 10.0. The highest BCUT2D eigenvalue weighted by atomic mass is 16.5. The lowest BCUT2D eigenvalue weighted by molar-refractivity contribution is -0.136. The molecule has 0 saturated carbocycles. The van der Waals surface area contributed by atoms with Gasteiger partial charge in [0.05, 0.1) is 6.54 Å². The van der Waals surface area contributed by atoms with E-state index in [9.17, 15) is 14.4 Å². The Labute approximate surface area is 214 Å². The number of rotatable bonds is 10. The quantitative estimate of drug-likeness (QED) is 0.379. The topological polar surface area (TPSA) is 84.9 Å². The highest BCUT2D eigenvalue weighted by Gasteiger charge is 2.40. The molecule has 4 rings (SSSR count). The van der Waals surface area contributed by atoms with Crippen LogP contribution in [0.25, 0.3) is 0 Å². The summed E-state index contributed by atoms with van der Waals surface area (Å²) in [5.41, 5.74) is 3.73. The molecular formula is C29H38N2O5. The van der Waals surface area contributed by atoms with E-state index in [1.807, 2.05) is 6.07 Å². The van der Waals surface area contributed by atoms with Gasteiger partial charge in [-0.25, -0.2) is 0 Å². The number of hydrogen-bond acceptors (Lipinski definition) is 5. The van der Waals surface area contributed by atoms with E-state index in [1.54, 1.807) is 17.0 Å². The Bertz CT molecular complexity index is 1030. The van der Waals surface area contributed by atoms with Gasteiger partial charge in [0.25, 0.3) is 5.91 Å². The van der Waals surface area contributed by atoms with Crippen LogP contribution < -0.4 is 10.1 Å². The summed E-state index contributed by atoms with van der Waals surface area (Å²) in [4.78, 5) is 38.0. The van der Waals surface area contributed by atoms with E-state index in [-0.39, 0.29) is 18.2 Å². The first kappa shape index (κ1) is 27.4. The number of hydrogen-bond donors (Lipinski definition) is 1. The molecule has 7 nitrogen and oxygen atoms in total. The van der Waals surface area contributed by atoms with Gasteiger partial charge in [-0.05, 0) is 48.9 Å². The Hall–Kier alpha value is -3.19. The zero-order valence-electron chi connectivity index (χ0n) is 21.7. The van der Waals surface area contributed by atoms with Crippen molar-refractivity contribution in [3.05, 3.63) is 64.7 Å². The number of ether oxygens (including phenoxy) is 2. The number of carbonyl (C=O) groups excluding carboxylic acids is 3. The molecular weight excluding hydrogens is 456 g/mol. The monoisotopic (exact) mass is 494 g/mol. The highest BCUT2D eigenvalue weighted by molar-refractivity contribution is 6.05. The van der Waals surface area contributed by atoms with Crippen molar-refractivity contribution in [2.75, 3.05) is 13.2 Å². The van der Waals surface area contributed by atoms with Crippen LogP contribution in [0.1, 0.15) is 79.9 Å². The summed E-state index contributed by atoms with van der Waals surface area (Å²) in [6.07, 6.45) is 5.05. The lowest BCUT2D eigenvalue weighted by Gasteiger charge is -2.29. The van der Waals surface area contributed by atoms with Gasteiger partial charge in [-0.2, -0.15) is 0 Å². The molecule has 0 spiro atoms. The molecule has 0 aromatic heterocycles. The first-order chi connectivity index (χ1) is 17.5. The lowest BCUT2D eigenvalue weighted by Crippen LogP contribution is -2.52. The zero-order chi connectivity index (χ0) is 25.9. The van der Waals surface area contributed by atoms with Crippen molar-refractivity contribution >= 4 is 17.7 Å². The smallest absolute Gasteiger partial charge is 0.255 e. The SMILES string of the molecule is CCCOCCC.CCCc1ccc(COc2cccc3c2CN(C2CCC(=O)NC2=O)C3=O)cc1. The van der Waals surface area contributed by atoms with Gasteiger partial charge in [0.15, 0.2) is 0 Å². The normalized spacial score (nSPS) is 16.8. The number of carbonyl (C=O) groups is 3. The first-order valence-corrected chi connectivity index (χ1v) is 13.0. The van der Waals surface area contributed by atoms with Gasteiger partial charge in [-0.15, -0.1) is 0 Å². The summed E-state index contributed by atoms with van der Waals surface area (Å²) in [6, 6.07) is 13.2. The number of nitrogens with one attached hydrogen (secondary N) is 1. The molecule has 194 valence electrons. The summed E-state index contributed by atoms with van der Waals surface area (Å²) >= 11 is 0. The standard InChI is InChI=1S/C23H24N2O4.C6H14O/c1-2-4-15-7-9-16(10-8-15)14-29-20-6-3-5-17-18(20)13-25(23(17)28)19-11-12-21(26)24-22(19)27;1-3-5-7-6-4-2/h3,5-10,19H,2,4,11-14H2,1H3,(H,24,26,27);3-6H2,1-2H3. The summed E-state index contributed by atoms with van der Waals surface area (Å²) in [6.45, 7) is 8.97. The number of fused-ring (bicyclic) bond motifs is 1. The van der Waals surface area contributed by atoms with E-state index < -0.39 is 11.9 Å². The molecule has 0 bridgehead atoms. The van der Waals surface area contributed by atoms with Gasteiger partial charge in [-0.3, -0.25) is 19.7 Å². The molecule has 7 heteroatoms. The Morgan fingerprint density at radius 1 is 0.917 bits per heavy atom. The van der Waals surface area contributed by atoms with Crippen LogP contribution in [0, 0.1) is 0 Å². The minimum Gasteiger partial charge on any atom is -0.489 e. The van der Waals surface area contributed by atoms with E-state index in [0.717, 1.165) is 50.0 Å². The molecule has 0 radical (unpaired) electrons. The van der Waals surface area contributed by atoms with Crippen molar-refractivity contribution in [1.82, 2.24) is 10.2 Å². The molecule has 2 aromatic rings. The molecule has 2 aliphatic heterocycles. The van der Waals surface area contributed by atoms with Gasteiger partial charge in [0, 0.05) is 30.8 Å². The molecule has 3 amide bonds. The molecule has 2 heterocycles. The Balaban J connectivity index is 0.000000454. The molecule has 1 fully saturated rings. The largest absolute Gasteiger partial charge is 0.489 e.